The van der Waals surface area contributed by atoms with Crippen LogP contribution in [0.25, 0.3) is 0 Å². The topological polar surface area (TPSA) is 32.3 Å². The van der Waals surface area contributed by atoms with E-state index in [0.717, 1.165) is 11.3 Å². The summed E-state index contributed by atoms with van der Waals surface area (Å²) in [5, 5.41) is 2.87. The van der Waals surface area contributed by atoms with Gasteiger partial charge in [0.2, 0.25) is 5.91 Å². The minimum Gasteiger partial charge on any atom is -0.314 e. The van der Waals surface area contributed by atoms with Gasteiger partial charge in [-0.3, -0.25) is 10.1 Å². The summed E-state index contributed by atoms with van der Waals surface area (Å²) in [4.78, 5) is 13.3. The quantitative estimate of drug-likeness (QED) is 0.605. The monoisotopic (exact) mass is 216 g/mol. The Bertz CT molecular complexity index is 407. The molecule has 0 aromatic heterocycles. The van der Waals surface area contributed by atoms with E-state index in [1.807, 2.05) is 31.2 Å². The number of terminal acetylenes is 1. The third-order valence-electron chi connectivity index (χ3n) is 2.27. The molecule has 1 aromatic carbocycles. The molecule has 0 fully saturated rings. The lowest BCUT2D eigenvalue weighted by molar-refractivity contribution is -0.117. The summed E-state index contributed by atoms with van der Waals surface area (Å²) in [6, 6.07) is 7.81. The molecule has 0 aliphatic carbocycles. The van der Waals surface area contributed by atoms with Crippen LogP contribution in [0.15, 0.2) is 24.3 Å². The van der Waals surface area contributed by atoms with Crippen LogP contribution in [0, 0.1) is 19.3 Å². The molecule has 1 aromatic rings. The number of aryl methyl sites for hydroxylation is 1. The zero-order valence-electron chi connectivity index (χ0n) is 9.66. The number of anilines is 1. The van der Waals surface area contributed by atoms with Crippen molar-refractivity contribution in [2.24, 2.45) is 0 Å². The highest BCUT2D eigenvalue weighted by Gasteiger charge is 2.09. The Balaban J connectivity index is 2.60. The van der Waals surface area contributed by atoms with Gasteiger partial charge >= 0.3 is 0 Å². The largest absolute Gasteiger partial charge is 0.314 e. The van der Waals surface area contributed by atoms with Crippen LogP contribution >= 0.6 is 0 Å². The number of hydrogen-bond donors (Lipinski definition) is 1. The van der Waals surface area contributed by atoms with Crippen molar-refractivity contribution in [2.75, 3.05) is 25.0 Å². The molecule has 0 saturated heterocycles. The van der Waals surface area contributed by atoms with Gasteiger partial charge in [-0.1, -0.05) is 18.1 Å². The van der Waals surface area contributed by atoms with Crippen LogP contribution in [0.5, 0.6) is 0 Å². The van der Waals surface area contributed by atoms with E-state index in [0.29, 0.717) is 6.54 Å². The second-order valence-electron chi connectivity index (χ2n) is 3.60. The molecule has 1 amide bonds. The van der Waals surface area contributed by atoms with Crippen LogP contribution in [0.1, 0.15) is 5.56 Å². The first-order chi connectivity index (χ1) is 7.65. The van der Waals surface area contributed by atoms with Crippen molar-refractivity contribution in [2.45, 2.75) is 6.92 Å². The number of benzene rings is 1. The zero-order valence-corrected chi connectivity index (χ0v) is 9.66. The molecule has 0 atom stereocenters. The Morgan fingerprint density at radius 2 is 2.31 bits per heavy atom. The third-order valence-corrected chi connectivity index (χ3v) is 2.27. The Hall–Kier alpha value is -1.79. The first-order valence-corrected chi connectivity index (χ1v) is 5.12. The standard InChI is InChI=1S/C13H16N2O/c1-4-8-14-10-13(16)15(3)12-7-5-6-11(2)9-12/h1,5-7,9,14H,8,10H2,2-3H3. The van der Waals surface area contributed by atoms with Gasteiger partial charge in [0.1, 0.15) is 0 Å². The number of rotatable bonds is 4. The maximum atomic E-state index is 11.7. The minimum atomic E-state index is 0.000787. The van der Waals surface area contributed by atoms with Crippen LogP contribution in [-0.4, -0.2) is 26.0 Å². The average Bonchev–Trinajstić information content (AvgIpc) is 2.28. The SMILES string of the molecule is C#CCNCC(=O)N(C)c1cccc(C)c1. The van der Waals surface area contributed by atoms with Gasteiger partial charge in [-0.15, -0.1) is 6.42 Å². The molecule has 16 heavy (non-hydrogen) atoms. The van der Waals surface area contributed by atoms with E-state index in [4.69, 9.17) is 6.42 Å². The summed E-state index contributed by atoms with van der Waals surface area (Å²) >= 11 is 0. The number of nitrogens with zero attached hydrogens (tertiary/aromatic N) is 1. The fraction of sp³-hybridized carbons (Fsp3) is 0.308. The molecule has 0 saturated carbocycles. The van der Waals surface area contributed by atoms with Crippen molar-refractivity contribution in [3.8, 4) is 12.3 Å². The maximum Gasteiger partial charge on any atom is 0.240 e. The average molecular weight is 216 g/mol. The molecule has 0 aliphatic heterocycles. The van der Waals surface area contributed by atoms with Gasteiger partial charge in [0.25, 0.3) is 0 Å². The molecule has 1 rings (SSSR count). The molecule has 0 bridgehead atoms. The predicted molar refractivity (Wildman–Crippen MR) is 66.3 cm³/mol. The fourth-order valence-corrected chi connectivity index (χ4v) is 1.34. The molecule has 3 heteroatoms. The van der Waals surface area contributed by atoms with Crippen molar-refractivity contribution in [1.82, 2.24) is 5.32 Å². The molecule has 0 unspecified atom stereocenters. The summed E-state index contributed by atoms with van der Waals surface area (Å²) in [6.07, 6.45) is 5.08. The van der Waals surface area contributed by atoms with E-state index in [-0.39, 0.29) is 12.5 Å². The Morgan fingerprint density at radius 3 is 2.94 bits per heavy atom. The van der Waals surface area contributed by atoms with E-state index in [2.05, 4.69) is 11.2 Å². The van der Waals surface area contributed by atoms with E-state index >= 15 is 0 Å². The smallest absolute Gasteiger partial charge is 0.240 e. The van der Waals surface area contributed by atoms with E-state index in [1.54, 1.807) is 11.9 Å². The summed E-state index contributed by atoms with van der Waals surface area (Å²) in [5.74, 6) is 2.43. The number of carbonyl (C=O) groups is 1. The molecular formula is C13H16N2O. The van der Waals surface area contributed by atoms with E-state index in [9.17, 15) is 4.79 Å². The highest BCUT2D eigenvalue weighted by molar-refractivity contribution is 5.94. The minimum absolute atomic E-state index is 0.000787. The van der Waals surface area contributed by atoms with Crippen LogP contribution in [0.3, 0.4) is 0 Å². The van der Waals surface area contributed by atoms with Crippen LogP contribution in [-0.2, 0) is 4.79 Å². The molecule has 0 aliphatic rings. The van der Waals surface area contributed by atoms with Gasteiger partial charge in [0.05, 0.1) is 13.1 Å². The lowest BCUT2D eigenvalue weighted by Gasteiger charge is -2.17. The normalized spacial score (nSPS) is 9.56. The number of amides is 1. The van der Waals surface area contributed by atoms with E-state index in [1.165, 1.54) is 0 Å². The predicted octanol–water partition coefficient (Wildman–Crippen LogP) is 1.18. The van der Waals surface area contributed by atoms with Gasteiger partial charge in [0, 0.05) is 12.7 Å². The first kappa shape index (κ1) is 12.3. The van der Waals surface area contributed by atoms with Crippen LogP contribution in [0.4, 0.5) is 5.69 Å². The van der Waals surface area contributed by atoms with E-state index < -0.39 is 0 Å². The number of hydrogen-bond acceptors (Lipinski definition) is 2. The lowest BCUT2D eigenvalue weighted by Crippen LogP contribution is -2.35. The lowest BCUT2D eigenvalue weighted by atomic mass is 10.2. The van der Waals surface area contributed by atoms with Crippen molar-refractivity contribution < 1.29 is 4.79 Å². The van der Waals surface area contributed by atoms with Gasteiger partial charge in [0.15, 0.2) is 0 Å². The highest BCUT2D eigenvalue weighted by Crippen LogP contribution is 2.13. The fourth-order valence-electron chi connectivity index (χ4n) is 1.34. The van der Waals surface area contributed by atoms with Gasteiger partial charge in [-0.2, -0.15) is 0 Å². The number of likely N-dealkylation sites (N-methyl/N-ethyl adjacent to an activating group) is 1. The molecule has 0 spiro atoms. The van der Waals surface area contributed by atoms with Crippen molar-refractivity contribution in [3.05, 3.63) is 29.8 Å². The Kier molecular flexibility index (Phi) is 4.56. The Morgan fingerprint density at radius 1 is 1.56 bits per heavy atom. The van der Waals surface area contributed by atoms with Crippen molar-refractivity contribution in [3.63, 3.8) is 0 Å². The van der Waals surface area contributed by atoms with Crippen LogP contribution < -0.4 is 10.2 Å². The van der Waals surface area contributed by atoms with Gasteiger partial charge in [-0.05, 0) is 24.6 Å². The zero-order chi connectivity index (χ0) is 12.0. The molecule has 84 valence electrons. The molecular weight excluding hydrogens is 200 g/mol. The summed E-state index contributed by atoms with van der Waals surface area (Å²) in [7, 11) is 1.76. The summed E-state index contributed by atoms with van der Waals surface area (Å²) in [6.45, 7) is 2.67. The van der Waals surface area contributed by atoms with Crippen molar-refractivity contribution in [1.29, 1.82) is 0 Å². The number of nitrogens with one attached hydrogen (secondary N) is 1. The molecule has 0 radical (unpaired) electrons. The first-order valence-electron chi connectivity index (χ1n) is 5.12. The summed E-state index contributed by atoms with van der Waals surface area (Å²) in [5.41, 5.74) is 2.03. The van der Waals surface area contributed by atoms with Crippen LogP contribution in [0.2, 0.25) is 0 Å². The number of carbonyl (C=O) groups excluding carboxylic acids is 1. The molecule has 0 heterocycles. The summed E-state index contributed by atoms with van der Waals surface area (Å²) < 4.78 is 0. The second-order valence-corrected chi connectivity index (χ2v) is 3.60. The molecule has 3 nitrogen and oxygen atoms in total. The van der Waals surface area contributed by atoms with Gasteiger partial charge < -0.3 is 4.90 Å². The highest BCUT2D eigenvalue weighted by atomic mass is 16.2. The van der Waals surface area contributed by atoms with Gasteiger partial charge in [-0.25, -0.2) is 0 Å². The maximum absolute atomic E-state index is 11.7. The Labute approximate surface area is 96.5 Å². The molecule has 1 N–H and O–H groups in total. The third kappa shape index (κ3) is 3.41. The second kappa shape index (κ2) is 5.94. The van der Waals surface area contributed by atoms with Crippen molar-refractivity contribution >= 4 is 11.6 Å².